The first-order chi connectivity index (χ1) is 16.5. The molecule has 6 nitrogen and oxygen atoms in total. The largest absolute Gasteiger partial charge is 0.494 e. The Morgan fingerprint density at radius 1 is 1.00 bits per heavy atom. The van der Waals surface area contributed by atoms with Crippen LogP contribution in [0.5, 0.6) is 5.75 Å². The van der Waals surface area contributed by atoms with Gasteiger partial charge in [0.1, 0.15) is 11.4 Å². The van der Waals surface area contributed by atoms with Crippen molar-refractivity contribution in [2.45, 2.75) is 64.3 Å². The maximum Gasteiger partial charge on any atom is 0.355 e. The summed E-state index contributed by atoms with van der Waals surface area (Å²) in [6.45, 7) is 11.8. The number of carbonyl (C=O) groups is 1. The molecule has 0 N–H and O–H groups in total. The first-order valence-electron chi connectivity index (χ1n) is 11.6. The fraction of sp³-hybridized carbons (Fsp3) is 0.370. The van der Waals surface area contributed by atoms with E-state index in [9.17, 15) is 13.2 Å². The topological polar surface area (TPSA) is 74.6 Å². The van der Waals surface area contributed by atoms with Crippen molar-refractivity contribution in [3.05, 3.63) is 75.1 Å². The van der Waals surface area contributed by atoms with E-state index in [0.717, 1.165) is 27.5 Å². The van der Waals surface area contributed by atoms with Crippen LogP contribution in [0.3, 0.4) is 0 Å². The zero-order valence-corrected chi connectivity index (χ0v) is 22.6. The number of nitrogens with zero attached hydrogens (tertiary/aromatic N) is 1. The number of rotatable bonds is 9. The van der Waals surface area contributed by atoms with Crippen LogP contribution in [0.1, 0.15) is 51.8 Å². The van der Waals surface area contributed by atoms with Gasteiger partial charge in [0.25, 0.3) is 0 Å². The van der Waals surface area contributed by atoms with Crippen LogP contribution in [-0.2, 0) is 21.1 Å². The summed E-state index contributed by atoms with van der Waals surface area (Å²) in [6.07, 6.45) is 0.562. The summed E-state index contributed by atoms with van der Waals surface area (Å²) < 4.78 is 40.0. The maximum atomic E-state index is 13.5. The Kier molecular flexibility index (Phi) is 8.34. The van der Waals surface area contributed by atoms with E-state index in [2.05, 4.69) is 0 Å². The molecule has 0 aliphatic rings. The normalized spacial score (nSPS) is 11.5. The predicted molar refractivity (Wildman–Crippen MR) is 138 cm³/mol. The molecule has 8 heteroatoms. The molecule has 0 atom stereocenters. The Bertz CT molecular complexity index is 1320. The molecule has 0 spiro atoms. The second-order valence-corrected chi connectivity index (χ2v) is 10.9. The molecule has 0 aliphatic heterocycles. The Hall–Kier alpha value is -2.77. The molecular weight excluding hydrogens is 486 g/mol. The number of carbonyl (C=O) groups excluding carboxylic acids is 1. The molecule has 0 aliphatic carbocycles. The standard InChI is InChI=1S/C27H32ClNO5S/c1-7-33-27(30)25-20(5)26(35(31,32)23-11-9-17(2)10-12-23)21(6)29(25)13-8-14-34-22-15-18(3)24(28)19(4)16-22/h9-12,15-16H,7-8,13-14H2,1-6H3. The molecule has 3 aromatic rings. The molecule has 0 saturated carbocycles. The van der Waals surface area contributed by atoms with E-state index in [0.29, 0.717) is 30.8 Å². The average Bonchev–Trinajstić information content (AvgIpc) is 3.05. The molecule has 0 radical (unpaired) electrons. The van der Waals surface area contributed by atoms with Gasteiger partial charge in [0.05, 0.1) is 23.0 Å². The maximum absolute atomic E-state index is 13.5. The zero-order valence-electron chi connectivity index (χ0n) is 21.1. The van der Waals surface area contributed by atoms with Crippen molar-refractivity contribution in [3.8, 4) is 5.75 Å². The van der Waals surface area contributed by atoms with Crippen LogP contribution in [0.2, 0.25) is 5.02 Å². The van der Waals surface area contributed by atoms with E-state index in [-0.39, 0.29) is 22.1 Å². The number of aryl methyl sites for hydroxylation is 3. The highest BCUT2D eigenvalue weighted by Gasteiger charge is 2.31. The van der Waals surface area contributed by atoms with Gasteiger partial charge in [0, 0.05) is 22.8 Å². The van der Waals surface area contributed by atoms with Crippen LogP contribution in [0, 0.1) is 34.6 Å². The molecule has 1 heterocycles. The minimum atomic E-state index is -3.83. The highest BCUT2D eigenvalue weighted by atomic mass is 35.5. The highest BCUT2D eigenvalue weighted by molar-refractivity contribution is 7.91. The number of esters is 1. The summed E-state index contributed by atoms with van der Waals surface area (Å²) in [4.78, 5) is 13.2. The van der Waals surface area contributed by atoms with E-state index < -0.39 is 15.8 Å². The summed E-state index contributed by atoms with van der Waals surface area (Å²) in [5.74, 6) is 0.182. The van der Waals surface area contributed by atoms with Gasteiger partial charge in [0.15, 0.2) is 0 Å². The van der Waals surface area contributed by atoms with Crippen molar-refractivity contribution in [2.75, 3.05) is 13.2 Å². The number of hydrogen-bond acceptors (Lipinski definition) is 5. The number of aromatic nitrogens is 1. The number of sulfone groups is 1. The van der Waals surface area contributed by atoms with Crippen LogP contribution in [-0.4, -0.2) is 32.2 Å². The monoisotopic (exact) mass is 517 g/mol. The summed E-state index contributed by atoms with van der Waals surface area (Å²) in [5.41, 5.74) is 4.00. The lowest BCUT2D eigenvalue weighted by Crippen LogP contribution is -2.15. The summed E-state index contributed by atoms with van der Waals surface area (Å²) in [6, 6.07) is 10.5. The third-order valence-electron chi connectivity index (χ3n) is 5.97. The Morgan fingerprint density at radius 2 is 1.60 bits per heavy atom. The minimum Gasteiger partial charge on any atom is -0.494 e. The average molecular weight is 518 g/mol. The fourth-order valence-electron chi connectivity index (χ4n) is 4.25. The predicted octanol–water partition coefficient (Wildman–Crippen LogP) is 6.16. The Balaban J connectivity index is 1.91. The first-order valence-corrected chi connectivity index (χ1v) is 13.4. The van der Waals surface area contributed by atoms with Crippen molar-refractivity contribution in [2.24, 2.45) is 0 Å². The third-order valence-corrected chi connectivity index (χ3v) is 8.60. The van der Waals surface area contributed by atoms with Crippen LogP contribution >= 0.6 is 11.6 Å². The zero-order chi connectivity index (χ0) is 25.9. The molecule has 188 valence electrons. The summed E-state index contributed by atoms with van der Waals surface area (Å²) >= 11 is 6.24. The van der Waals surface area contributed by atoms with E-state index in [4.69, 9.17) is 21.1 Å². The molecule has 1 aromatic heterocycles. The van der Waals surface area contributed by atoms with Crippen LogP contribution in [0.25, 0.3) is 0 Å². The number of ether oxygens (including phenoxy) is 2. The number of hydrogen-bond donors (Lipinski definition) is 0. The minimum absolute atomic E-state index is 0.147. The molecular formula is C27H32ClNO5S. The smallest absolute Gasteiger partial charge is 0.355 e. The van der Waals surface area contributed by atoms with Gasteiger partial charge in [-0.05, 0) is 83.4 Å². The van der Waals surface area contributed by atoms with Gasteiger partial charge in [-0.2, -0.15) is 0 Å². The van der Waals surface area contributed by atoms with Crippen molar-refractivity contribution in [1.82, 2.24) is 4.57 Å². The first kappa shape index (κ1) is 26.8. The van der Waals surface area contributed by atoms with Gasteiger partial charge in [-0.25, -0.2) is 13.2 Å². The van der Waals surface area contributed by atoms with Gasteiger partial charge in [-0.1, -0.05) is 29.3 Å². The highest BCUT2D eigenvalue weighted by Crippen LogP contribution is 2.32. The molecule has 0 amide bonds. The van der Waals surface area contributed by atoms with E-state index >= 15 is 0 Å². The Labute approximate surface area is 212 Å². The fourth-order valence-corrected chi connectivity index (χ4v) is 6.09. The van der Waals surface area contributed by atoms with E-state index in [1.54, 1.807) is 49.6 Å². The van der Waals surface area contributed by atoms with E-state index in [1.165, 1.54) is 0 Å². The quantitative estimate of drug-likeness (QED) is 0.251. The molecule has 2 aromatic carbocycles. The molecule has 3 rings (SSSR count). The molecule has 0 bridgehead atoms. The van der Waals surface area contributed by atoms with Gasteiger partial charge >= 0.3 is 5.97 Å². The van der Waals surface area contributed by atoms with Crippen molar-refractivity contribution < 1.29 is 22.7 Å². The van der Waals surface area contributed by atoms with Crippen molar-refractivity contribution >= 4 is 27.4 Å². The lowest BCUT2D eigenvalue weighted by atomic mass is 10.1. The van der Waals surface area contributed by atoms with E-state index in [1.807, 2.05) is 32.9 Å². The molecule has 0 unspecified atom stereocenters. The number of benzene rings is 2. The Morgan fingerprint density at radius 3 is 2.17 bits per heavy atom. The third kappa shape index (κ3) is 5.57. The van der Waals surface area contributed by atoms with Crippen molar-refractivity contribution in [1.29, 1.82) is 0 Å². The van der Waals surface area contributed by atoms with Gasteiger partial charge in [-0.15, -0.1) is 0 Å². The summed E-state index contributed by atoms with van der Waals surface area (Å²) in [7, 11) is -3.83. The SMILES string of the molecule is CCOC(=O)c1c(C)c(S(=O)(=O)c2ccc(C)cc2)c(C)n1CCCOc1cc(C)c(Cl)c(C)c1. The second kappa shape index (κ2) is 10.9. The number of halogens is 1. The van der Waals surface area contributed by atoms with Crippen molar-refractivity contribution in [3.63, 3.8) is 0 Å². The van der Waals surface area contributed by atoms with Gasteiger partial charge in [-0.3, -0.25) is 0 Å². The lowest BCUT2D eigenvalue weighted by molar-refractivity contribution is 0.0512. The lowest BCUT2D eigenvalue weighted by Gasteiger charge is -2.13. The van der Waals surface area contributed by atoms with Crippen LogP contribution < -0.4 is 4.74 Å². The van der Waals surface area contributed by atoms with Crippen LogP contribution in [0.4, 0.5) is 0 Å². The molecule has 0 fully saturated rings. The molecule has 35 heavy (non-hydrogen) atoms. The van der Waals surface area contributed by atoms with Crippen LogP contribution in [0.15, 0.2) is 46.2 Å². The summed E-state index contributed by atoms with van der Waals surface area (Å²) in [5, 5.41) is 0.720. The molecule has 0 saturated heterocycles. The van der Waals surface area contributed by atoms with Gasteiger partial charge < -0.3 is 14.0 Å². The second-order valence-electron chi connectivity index (χ2n) is 8.65. The van der Waals surface area contributed by atoms with Gasteiger partial charge in [0.2, 0.25) is 9.84 Å².